The number of carboxylic acids is 1. The number of halogens is 1. The summed E-state index contributed by atoms with van der Waals surface area (Å²) in [6, 6.07) is 1.89. The van der Waals surface area contributed by atoms with Gasteiger partial charge in [0.25, 0.3) is 0 Å². The molecule has 0 bridgehead atoms. The first-order chi connectivity index (χ1) is 9.94. The minimum absolute atomic E-state index is 0.142. The van der Waals surface area contributed by atoms with Crippen LogP contribution in [0.2, 0.25) is 5.02 Å². The van der Waals surface area contributed by atoms with E-state index >= 15 is 0 Å². The molecule has 1 heterocycles. The summed E-state index contributed by atoms with van der Waals surface area (Å²) in [5.41, 5.74) is 1.78. The van der Waals surface area contributed by atoms with Crippen LogP contribution in [0, 0.1) is 0 Å². The molecule has 0 unspecified atom stereocenters. The number of rotatable bonds is 4. The predicted molar refractivity (Wildman–Crippen MR) is 79.7 cm³/mol. The highest BCUT2D eigenvalue weighted by atomic mass is 35.5. The average Bonchev–Trinajstić information content (AvgIpc) is 3.18. The van der Waals surface area contributed by atoms with Crippen molar-refractivity contribution in [1.29, 1.82) is 0 Å². The van der Waals surface area contributed by atoms with Gasteiger partial charge in [0.05, 0.1) is 11.4 Å². The van der Waals surface area contributed by atoms with Gasteiger partial charge in [0, 0.05) is 11.0 Å². The highest BCUT2D eigenvalue weighted by molar-refractivity contribution is 6.32. The third kappa shape index (κ3) is 2.46. The second kappa shape index (κ2) is 5.09. The third-order valence-corrected chi connectivity index (χ3v) is 4.58. The Morgan fingerprint density at radius 3 is 2.48 bits per heavy atom. The summed E-state index contributed by atoms with van der Waals surface area (Å²) in [5.74, 6) is 0.754. The second-order valence-corrected chi connectivity index (χ2v) is 6.59. The van der Waals surface area contributed by atoms with Crippen molar-refractivity contribution in [2.75, 3.05) is 13.2 Å². The van der Waals surface area contributed by atoms with Crippen molar-refractivity contribution in [3.63, 3.8) is 0 Å². The zero-order valence-electron chi connectivity index (χ0n) is 12.2. The highest BCUT2D eigenvalue weighted by Crippen LogP contribution is 2.57. The van der Waals surface area contributed by atoms with Crippen molar-refractivity contribution in [3.8, 4) is 11.5 Å². The predicted octanol–water partition coefficient (Wildman–Crippen LogP) is 3.74. The Labute approximate surface area is 129 Å². The topological polar surface area (TPSA) is 55.8 Å². The number of carbonyl (C=O) groups is 1. The molecule has 1 N–H and O–H groups in total. The highest BCUT2D eigenvalue weighted by Gasteiger charge is 2.48. The van der Waals surface area contributed by atoms with Crippen LogP contribution in [0.1, 0.15) is 50.2 Å². The van der Waals surface area contributed by atoms with Crippen LogP contribution in [0.15, 0.2) is 6.07 Å². The fraction of sp³-hybridized carbons (Fsp3) is 0.562. The minimum Gasteiger partial charge on any atom is -0.486 e. The molecule has 3 rings (SSSR count). The summed E-state index contributed by atoms with van der Waals surface area (Å²) in [7, 11) is 0. The van der Waals surface area contributed by atoms with Crippen LogP contribution in [0.4, 0.5) is 0 Å². The maximum atomic E-state index is 11.2. The third-order valence-electron chi connectivity index (χ3n) is 4.30. The van der Waals surface area contributed by atoms with Gasteiger partial charge in [-0.25, -0.2) is 0 Å². The molecule has 1 saturated carbocycles. The van der Waals surface area contributed by atoms with Crippen molar-refractivity contribution in [1.82, 2.24) is 0 Å². The van der Waals surface area contributed by atoms with Crippen LogP contribution in [-0.4, -0.2) is 24.3 Å². The van der Waals surface area contributed by atoms with Gasteiger partial charge in [-0.05, 0) is 30.4 Å². The first kappa shape index (κ1) is 14.5. The van der Waals surface area contributed by atoms with E-state index in [9.17, 15) is 9.90 Å². The number of aliphatic carboxylic acids is 1. The Balaban J connectivity index is 2.16. The number of fused-ring (bicyclic) bond motifs is 1. The van der Waals surface area contributed by atoms with Gasteiger partial charge in [-0.3, -0.25) is 4.79 Å². The van der Waals surface area contributed by atoms with Gasteiger partial charge in [-0.2, -0.15) is 0 Å². The van der Waals surface area contributed by atoms with Crippen LogP contribution in [0.25, 0.3) is 0 Å². The van der Waals surface area contributed by atoms with Crippen molar-refractivity contribution in [2.45, 2.75) is 44.4 Å². The lowest BCUT2D eigenvalue weighted by Crippen LogP contribution is -2.21. The Kier molecular flexibility index (Phi) is 3.52. The molecule has 0 radical (unpaired) electrons. The molecule has 4 nitrogen and oxygen atoms in total. The quantitative estimate of drug-likeness (QED) is 0.920. The molecule has 1 aromatic carbocycles. The van der Waals surface area contributed by atoms with Crippen LogP contribution < -0.4 is 9.47 Å². The molecule has 2 aliphatic rings. The minimum atomic E-state index is -0.770. The molecule has 0 spiro atoms. The monoisotopic (exact) mass is 310 g/mol. The number of ether oxygens (including phenoxy) is 2. The van der Waals surface area contributed by atoms with Gasteiger partial charge in [0.2, 0.25) is 0 Å². The standard InChI is InChI=1S/C16H19ClO4/c1-9(2)13-10(16(3-4-16)8-12(18)19)7-11(17)14-15(13)21-6-5-20-14/h7,9H,3-6,8H2,1-2H3,(H,18,19). The Morgan fingerprint density at radius 2 is 1.95 bits per heavy atom. The van der Waals surface area contributed by atoms with Crippen molar-refractivity contribution in [2.24, 2.45) is 0 Å². The summed E-state index contributed by atoms with van der Waals surface area (Å²) >= 11 is 6.34. The molecule has 1 fully saturated rings. The average molecular weight is 311 g/mol. The number of hydrogen-bond donors (Lipinski definition) is 1. The lowest BCUT2D eigenvalue weighted by Gasteiger charge is -2.28. The number of hydrogen-bond acceptors (Lipinski definition) is 3. The van der Waals surface area contributed by atoms with E-state index in [1.807, 2.05) is 6.07 Å². The summed E-state index contributed by atoms with van der Waals surface area (Å²) in [6.45, 7) is 5.16. The molecule has 114 valence electrons. The van der Waals surface area contributed by atoms with Gasteiger partial charge in [0.15, 0.2) is 11.5 Å². The van der Waals surface area contributed by atoms with E-state index < -0.39 is 5.97 Å². The summed E-state index contributed by atoms with van der Waals surface area (Å²) in [5, 5.41) is 9.71. The van der Waals surface area contributed by atoms with E-state index in [0.29, 0.717) is 29.7 Å². The second-order valence-electron chi connectivity index (χ2n) is 6.18. The first-order valence-electron chi connectivity index (χ1n) is 7.29. The van der Waals surface area contributed by atoms with E-state index in [4.69, 9.17) is 21.1 Å². The van der Waals surface area contributed by atoms with Crippen molar-refractivity contribution >= 4 is 17.6 Å². The fourth-order valence-corrected chi connectivity index (χ4v) is 3.43. The van der Waals surface area contributed by atoms with E-state index in [2.05, 4.69) is 13.8 Å². The largest absolute Gasteiger partial charge is 0.486 e. The maximum Gasteiger partial charge on any atom is 0.304 e. The van der Waals surface area contributed by atoms with Gasteiger partial charge in [-0.1, -0.05) is 25.4 Å². The molecule has 21 heavy (non-hydrogen) atoms. The molecule has 1 aromatic rings. The van der Waals surface area contributed by atoms with E-state index in [1.165, 1.54) is 0 Å². The smallest absolute Gasteiger partial charge is 0.304 e. The zero-order chi connectivity index (χ0) is 15.2. The van der Waals surface area contributed by atoms with E-state index in [1.54, 1.807) is 0 Å². The molecule has 0 amide bonds. The molecule has 1 aliphatic heterocycles. The molecule has 5 heteroatoms. The van der Waals surface area contributed by atoms with Crippen molar-refractivity contribution < 1.29 is 19.4 Å². The van der Waals surface area contributed by atoms with Gasteiger partial charge < -0.3 is 14.6 Å². The van der Waals surface area contributed by atoms with Gasteiger partial charge >= 0.3 is 5.97 Å². The zero-order valence-corrected chi connectivity index (χ0v) is 13.0. The first-order valence-corrected chi connectivity index (χ1v) is 7.67. The normalized spacial score (nSPS) is 18.7. The molecule has 1 aliphatic carbocycles. The SMILES string of the molecule is CC(C)c1c(C2(CC(=O)O)CC2)cc(Cl)c2c1OCCO2. The summed E-state index contributed by atoms with van der Waals surface area (Å²) in [4.78, 5) is 11.2. The van der Waals surface area contributed by atoms with Crippen LogP contribution >= 0.6 is 11.6 Å². The van der Waals surface area contributed by atoms with Crippen LogP contribution in [0.3, 0.4) is 0 Å². The van der Waals surface area contributed by atoms with Crippen LogP contribution in [-0.2, 0) is 10.2 Å². The van der Waals surface area contributed by atoms with Crippen molar-refractivity contribution in [3.05, 3.63) is 22.2 Å². The molecule has 0 saturated heterocycles. The van der Waals surface area contributed by atoms with Crippen LogP contribution in [0.5, 0.6) is 11.5 Å². The Morgan fingerprint density at radius 1 is 1.33 bits per heavy atom. The molecule has 0 atom stereocenters. The lowest BCUT2D eigenvalue weighted by atomic mass is 9.83. The number of benzene rings is 1. The van der Waals surface area contributed by atoms with Gasteiger partial charge in [-0.15, -0.1) is 0 Å². The summed E-state index contributed by atoms with van der Waals surface area (Å²) in [6.07, 6.45) is 1.91. The van der Waals surface area contributed by atoms with E-state index in [-0.39, 0.29) is 17.8 Å². The molecule has 0 aromatic heterocycles. The fourth-order valence-electron chi connectivity index (χ4n) is 3.18. The van der Waals surface area contributed by atoms with E-state index in [0.717, 1.165) is 24.0 Å². The number of carboxylic acid groups (broad SMARTS) is 1. The summed E-state index contributed by atoms with van der Waals surface area (Å²) < 4.78 is 11.4. The lowest BCUT2D eigenvalue weighted by molar-refractivity contribution is -0.137. The molecular formula is C16H19ClO4. The Hall–Kier alpha value is -1.42. The van der Waals surface area contributed by atoms with Gasteiger partial charge in [0.1, 0.15) is 13.2 Å². The Bertz CT molecular complexity index is 590. The maximum absolute atomic E-state index is 11.2. The molecular weight excluding hydrogens is 292 g/mol.